The molecule has 0 saturated heterocycles. The van der Waals surface area contributed by atoms with Gasteiger partial charge < -0.3 is 25.0 Å². The summed E-state index contributed by atoms with van der Waals surface area (Å²) in [4.78, 5) is 39.2. The second-order valence-electron chi connectivity index (χ2n) is 9.31. The van der Waals surface area contributed by atoms with E-state index in [2.05, 4.69) is 5.32 Å². The Morgan fingerprint density at radius 2 is 1.74 bits per heavy atom. The van der Waals surface area contributed by atoms with E-state index in [1.54, 1.807) is 0 Å². The molecule has 38 heavy (non-hydrogen) atoms. The highest BCUT2D eigenvalue weighted by molar-refractivity contribution is 7.91. The highest BCUT2D eigenvalue weighted by Crippen LogP contribution is 2.57. The standard InChI is InChI=1S/C27H27NO9S/c1-13-23(31)21(15(3)29)25-22(24(13)32)27(4)19(37-25)12-18(30)20(26(27)33)14(2)28-10-11-38(34,35)17-8-6-16(36-5)7-9-17/h6-9,12,28,31-32H,10-11H2,1-5H3. The number of Topliss-reactive ketones (excluding diaryl/α,β-unsaturated/α-hetero) is 2. The molecule has 0 spiro atoms. The minimum atomic E-state index is -3.66. The normalized spacial score (nSPS) is 19.8. The molecule has 2 aromatic carbocycles. The van der Waals surface area contributed by atoms with Gasteiger partial charge in [0.25, 0.3) is 0 Å². The van der Waals surface area contributed by atoms with Crippen molar-refractivity contribution in [1.29, 1.82) is 0 Å². The van der Waals surface area contributed by atoms with Crippen LogP contribution in [0.4, 0.5) is 0 Å². The van der Waals surface area contributed by atoms with E-state index in [1.807, 2.05) is 0 Å². The van der Waals surface area contributed by atoms with Gasteiger partial charge in [-0.05, 0) is 52.0 Å². The molecule has 10 nitrogen and oxygen atoms in total. The number of phenols is 2. The fraction of sp³-hybridized carbons (Fsp3) is 0.296. The monoisotopic (exact) mass is 541 g/mol. The van der Waals surface area contributed by atoms with Gasteiger partial charge in [-0.1, -0.05) is 0 Å². The summed E-state index contributed by atoms with van der Waals surface area (Å²) >= 11 is 0. The van der Waals surface area contributed by atoms with E-state index >= 15 is 0 Å². The maximum atomic E-state index is 13.8. The van der Waals surface area contributed by atoms with Crippen LogP contribution in [0, 0.1) is 6.92 Å². The molecule has 0 aromatic heterocycles. The quantitative estimate of drug-likeness (QED) is 0.270. The Labute approximate surface area is 219 Å². The van der Waals surface area contributed by atoms with Gasteiger partial charge in [0.15, 0.2) is 27.2 Å². The zero-order valence-electron chi connectivity index (χ0n) is 21.5. The number of carbonyl (C=O) groups is 3. The Hall–Kier alpha value is -4.12. The maximum Gasteiger partial charge on any atom is 0.194 e. The van der Waals surface area contributed by atoms with E-state index in [0.717, 1.165) is 6.08 Å². The Morgan fingerprint density at radius 1 is 1.11 bits per heavy atom. The number of nitrogens with one attached hydrogen (secondary N) is 1. The smallest absolute Gasteiger partial charge is 0.194 e. The summed E-state index contributed by atoms with van der Waals surface area (Å²) in [6.45, 7) is 5.46. The molecule has 0 amide bonds. The second-order valence-corrected chi connectivity index (χ2v) is 11.4. The predicted molar refractivity (Wildman–Crippen MR) is 136 cm³/mol. The zero-order chi connectivity index (χ0) is 28.2. The molecule has 0 radical (unpaired) electrons. The van der Waals surface area contributed by atoms with Crippen molar-refractivity contribution in [2.75, 3.05) is 19.4 Å². The van der Waals surface area contributed by atoms with Gasteiger partial charge in [0.05, 0.1) is 28.9 Å². The summed E-state index contributed by atoms with van der Waals surface area (Å²) in [5.41, 5.74) is -1.96. The first kappa shape index (κ1) is 26.9. The van der Waals surface area contributed by atoms with Crippen LogP contribution in [0.1, 0.15) is 42.3 Å². The van der Waals surface area contributed by atoms with Crippen LogP contribution in [0.5, 0.6) is 23.0 Å². The third-order valence-electron chi connectivity index (χ3n) is 6.94. The number of hydrogen-bond donors (Lipinski definition) is 3. The molecular weight excluding hydrogens is 514 g/mol. The fourth-order valence-corrected chi connectivity index (χ4v) is 5.88. The van der Waals surface area contributed by atoms with E-state index in [0.29, 0.717) is 5.75 Å². The van der Waals surface area contributed by atoms with Crippen LogP contribution in [-0.2, 0) is 24.8 Å². The number of benzene rings is 2. The van der Waals surface area contributed by atoms with Crippen molar-refractivity contribution in [1.82, 2.24) is 5.32 Å². The molecule has 0 saturated carbocycles. The molecule has 1 aliphatic carbocycles. The third-order valence-corrected chi connectivity index (χ3v) is 8.67. The number of rotatable bonds is 7. The van der Waals surface area contributed by atoms with Crippen LogP contribution in [0.2, 0.25) is 0 Å². The van der Waals surface area contributed by atoms with Crippen LogP contribution in [-0.4, -0.2) is 55.4 Å². The maximum absolute atomic E-state index is 13.8. The van der Waals surface area contributed by atoms with Crippen molar-refractivity contribution >= 4 is 27.2 Å². The number of methoxy groups -OCH3 is 1. The summed E-state index contributed by atoms with van der Waals surface area (Å²) in [6, 6.07) is 5.93. The molecule has 0 fully saturated rings. The predicted octanol–water partition coefficient (Wildman–Crippen LogP) is 2.64. The number of hydrogen-bond acceptors (Lipinski definition) is 10. The molecule has 2 aromatic rings. The lowest BCUT2D eigenvalue weighted by molar-refractivity contribution is -0.123. The summed E-state index contributed by atoms with van der Waals surface area (Å²) < 4.78 is 36.2. The molecule has 11 heteroatoms. The van der Waals surface area contributed by atoms with Crippen LogP contribution < -0.4 is 14.8 Å². The molecule has 3 N–H and O–H groups in total. The second kappa shape index (κ2) is 9.32. The zero-order valence-corrected chi connectivity index (χ0v) is 22.3. The van der Waals surface area contributed by atoms with Crippen molar-refractivity contribution in [2.45, 2.75) is 38.0 Å². The number of fused-ring (bicyclic) bond motifs is 3. The Morgan fingerprint density at radius 3 is 2.32 bits per heavy atom. The summed E-state index contributed by atoms with van der Waals surface area (Å²) in [5, 5.41) is 24.2. The van der Waals surface area contributed by atoms with E-state index in [4.69, 9.17) is 9.47 Å². The first-order valence-corrected chi connectivity index (χ1v) is 13.3. The van der Waals surface area contributed by atoms with Crippen molar-refractivity contribution in [3.8, 4) is 23.0 Å². The molecule has 0 bridgehead atoms. The van der Waals surface area contributed by atoms with Gasteiger partial charge in [0.2, 0.25) is 0 Å². The van der Waals surface area contributed by atoms with Crippen molar-refractivity contribution in [3.05, 3.63) is 64.1 Å². The number of phenolic OH excluding ortho intramolecular Hbond substituents is 2. The number of ether oxygens (including phenoxy) is 2. The summed E-state index contributed by atoms with van der Waals surface area (Å²) in [6.07, 6.45) is 1.10. The van der Waals surface area contributed by atoms with Crippen LogP contribution in [0.3, 0.4) is 0 Å². The lowest BCUT2D eigenvalue weighted by Crippen LogP contribution is -2.41. The number of aromatic hydroxyl groups is 2. The van der Waals surface area contributed by atoms with E-state index in [1.165, 1.54) is 59.1 Å². The highest BCUT2D eigenvalue weighted by Gasteiger charge is 2.56. The van der Waals surface area contributed by atoms with Gasteiger partial charge in [-0.3, -0.25) is 14.4 Å². The summed E-state index contributed by atoms with van der Waals surface area (Å²) in [5.74, 6) is -2.86. The lowest BCUT2D eigenvalue weighted by Gasteiger charge is -2.29. The topological polar surface area (TPSA) is 156 Å². The average Bonchev–Trinajstić information content (AvgIpc) is 3.15. The van der Waals surface area contributed by atoms with Gasteiger partial charge in [-0.15, -0.1) is 0 Å². The van der Waals surface area contributed by atoms with Crippen molar-refractivity contribution < 1.29 is 42.5 Å². The Kier molecular flexibility index (Phi) is 6.60. The molecule has 1 heterocycles. The van der Waals surface area contributed by atoms with Crippen LogP contribution in [0.25, 0.3) is 0 Å². The molecular formula is C27H27NO9S. The van der Waals surface area contributed by atoms with Gasteiger partial charge in [0, 0.05) is 23.9 Å². The molecule has 1 atom stereocenters. The van der Waals surface area contributed by atoms with Crippen LogP contribution in [0.15, 0.2) is 52.3 Å². The first-order chi connectivity index (χ1) is 17.7. The Bertz CT molecular complexity index is 1570. The largest absolute Gasteiger partial charge is 0.507 e. The Balaban J connectivity index is 1.67. The van der Waals surface area contributed by atoms with Crippen LogP contribution >= 0.6 is 0 Å². The molecule has 1 unspecified atom stereocenters. The summed E-state index contributed by atoms with van der Waals surface area (Å²) in [7, 11) is -2.19. The van der Waals surface area contributed by atoms with Gasteiger partial charge >= 0.3 is 0 Å². The fourth-order valence-electron chi connectivity index (χ4n) is 4.72. The minimum absolute atomic E-state index is 0.00570. The third kappa shape index (κ3) is 4.03. The number of sulfone groups is 1. The molecule has 4 rings (SSSR count). The molecule has 200 valence electrons. The van der Waals surface area contributed by atoms with E-state index in [9.17, 15) is 33.0 Å². The molecule has 2 aliphatic rings. The van der Waals surface area contributed by atoms with Crippen molar-refractivity contribution in [3.63, 3.8) is 0 Å². The highest BCUT2D eigenvalue weighted by atomic mass is 32.2. The SMILES string of the molecule is COc1ccc(S(=O)(=O)CCNC(C)=C2C(=O)C=C3Oc4c(C(C)=O)c(O)c(C)c(O)c4C3(C)C2=O)cc1. The van der Waals surface area contributed by atoms with Gasteiger partial charge in [-0.2, -0.15) is 0 Å². The average molecular weight is 542 g/mol. The van der Waals surface area contributed by atoms with E-state index < -0.39 is 44.1 Å². The number of allylic oxidation sites excluding steroid dienone is 4. The molecule has 1 aliphatic heterocycles. The lowest BCUT2D eigenvalue weighted by atomic mass is 9.70. The number of ketones is 3. The van der Waals surface area contributed by atoms with Gasteiger partial charge in [0.1, 0.15) is 39.7 Å². The first-order valence-electron chi connectivity index (χ1n) is 11.7. The number of carbonyl (C=O) groups excluding carboxylic acids is 3. The minimum Gasteiger partial charge on any atom is -0.507 e. The van der Waals surface area contributed by atoms with Crippen molar-refractivity contribution in [2.24, 2.45) is 0 Å². The van der Waals surface area contributed by atoms with E-state index in [-0.39, 0.29) is 56.7 Å². The van der Waals surface area contributed by atoms with Gasteiger partial charge in [-0.25, -0.2) is 8.42 Å².